The first-order chi connectivity index (χ1) is 13.1. The SMILES string of the molecule is Cc1ccnc(-c2csc(NC(=O)c3cnnn3-c3ncccn3)n2)c1C. The highest BCUT2D eigenvalue weighted by Gasteiger charge is 2.18. The molecule has 0 bridgehead atoms. The Morgan fingerprint density at radius 1 is 1.15 bits per heavy atom. The first-order valence-electron chi connectivity index (χ1n) is 8.01. The number of carbonyl (C=O) groups excluding carboxylic acids is 1. The van der Waals surface area contributed by atoms with Crippen LogP contribution in [0.1, 0.15) is 21.6 Å². The van der Waals surface area contributed by atoms with E-state index in [1.807, 2.05) is 25.3 Å². The van der Waals surface area contributed by atoms with Gasteiger partial charge in [-0.1, -0.05) is 5.21 Å². The Hall–Kier alpha value is -3.53. The van der Waals surface area contributed by atoms with Gasteiger partial charge in [-0.25, -0.2) is 15.0 Å². The Bertz CT molecular complexity index is 1110. The molecule has 1 N–H and O–H groups in total. The molecule has 0 radical (unpaired) electrons. The minimum absolute atomic E-state index is 0.211. The molecule has 4 aromatic rings. The maximum absolute atomic E-state index is 12.6. The molecule has 9 nitrogen and oxygen atoms in total. The molecular formula is C17H14N8OS. The zero-order chi connectivity index (χ0) is 18.8. The van der Waals surface area contributed by atoms with Crippen molar-refractivity contribution < 1.29 is 4.79 Å². The predicted molar refractivity (Wildman–Crippen MR) is 99.7 cm³/mol. The minimum atomic E-state index is -0.401. The Balaban J connectivity index is 1.58. The second kappa shape index (κ2) is 7.00. The van der Waals surface area contributed by atoms with Gasteiger partial charge in [-0.3, -0.25) is 15.1 Å². The molecule has 4 aromatic heterocycles. The fourth-order valence-corrected chi connectivity index (χ4v) is 3.12. The van der Waals surface area contributed by atoms with Gasteiger partial charge < -0.3 is 0 Å². The molecule has 0 aromatic carbocycles. The largest absolute Gasteiger partial charge is 0.296 e. The summed E-state index contributed by atoms with van der Waals surface area (Å²) in [7, 11) is 0. The number of amides is 1. The Kier molecular flexibility index (Phi) is 4.38. The lowest BCUT2D eigenvalue weighted by atomic mass is 10.1. The molecule has 0 saturated heterocycles. The third kappa shape index (κ3) is 3.29. The summed E-state index contributed by atoms with van der Waals surface area (Å²) in [5.74, 6) is -0.137. The molecule has 134 valence electrons. The minimum Gasteiger partial charge on any atom is -0.296 e. The van der Waals surface area contributed by atoms with Crippen LogP contribution in [0, 0.1) is 13.8 Å². The van der Waals surface area contributed by atoms with E-state index in [-0.39, 0.29) is 11.6 Å². The van der Waals surface area contributed by atoms with Gasteiger partial charge in [0.25, 0.3) is 11.9 Å². The van der Waals surface area contributed by atoms with E-state index in [2.05, 4.69) is 35.6 Å². The van der Waals surface area contributed by atoms with Crippen molar-refractivity contribution in [2.24, 2.45) is 0 Å². The summed E-state index contributed by atoms with van der Waals surface area (Å²) in [4.78, 5) is 29.7. The van der Waals surface area contributed by atoms with Crippen LogP contribution in [0.4, 0.5) is 5.13 Å². The standard InChI is InChI=1S/C17H14N8OS/c1-10-4-7-18-14(11(10)2)12-9-27-17(22-12)23-15(26)13-8-21-24-25(13)16-19-5-3-6-20-16/h3-9H,1-2H3,(H,22,23,26). The Morgan fingerprint density at radius 3 is 2.78 bits per heavy atom. The number of thiazole rings is 1. The van der Waals surface area contributed by atoms with E-state index in [0.29, 0.717) is 5.13 Å². The molecule has 4 rings (SSSR count). The summed E-state index contributed by atoms with van der Waals surface area (Å²) in [5, 5.41) is 12.7. The zero-order valence-electron chi connectivity index (χ0n) is 14.5. The van der Waals surface area contributed by atoms with Crippen molar-refractivity contribution in [3.8, 4) is 17.3 Å². The molecule has 0 spiro atoms. The fourth-order valence-electron chi connectivity index (χ4n) is 2.43. The van der Waals surface area contributed by atoms with Crippen LogP contribution < -0.4 is 5.32 Å². The zero-order valence-corrected chi connectivity index (χ0v) is 15.3. The number of carbonyl (C=O) groups is 1. The Morgan fingerprint density at radius 2 is 1.96 bits per heavy atom. The van der Waals surface area contributed by atoms with Gasteiger partial charge in [0.15, 0.2) is 10.8 Å². The number of hydrogen-bond donors (Lipinski definition) is 1. The normalized spacial score (nSPS) is 10.7. The molecule has 0 aliphatic heterocycles. The van der Waals surface area contributed by atoms with Crippen LogP contribution in [0.15, 0.2) is 42.3 Å². The average molecular weight is 378 g/mol. The molecule has 0 fully saturated rings. The van der Waals surface area contributed by atoms with Gasteiger partial charge in [-0.2, -0.15) is 4.68 Å². The van der Waals surface area contributed by atoms with E-state index in [1.165, 1.54) is 22.2 Å². The van der Waals surface area contributed by atoms with Gasteiger partial charge in [0.2, 0.25) is 0 Å². The topological polar surface area (TPSA) is 111 Å². The van der Waals surface area contributed by atoms with Gasteiger partial charge in [0.05, 0.1) is 11.9 Å². The van der Waals surface area contributed by atoms with Crippen LogP contribution in [-0.2, 0) is 0 Å². The lowest BCUT2D eigenvalue weighted by Gasteiger charge is -2.05. The highest BCUT2D eigenvalue weighted by Crippen LogP contribution is 2.27. The molecule has 10 heteroatoms. The van der Waals surface area contributed by atoms with Crippen molar-refractivity contribution in [2.45, 2.75) is 13.8 Å². The summed E-state index contributed by atoms with van der Waals surface area (Å²) in [6.07, 6.45) is 6.23. The molecule has 27 heavy (non-hydrogen) atoms. The van der Waals surface area contributed by atoms with E-state index >= 15 is 0 Å². The number of aryl methyl sites for hydroxylation is 1. The van der Waals surface area contributed by atoms with Crippen LogP contribution in [-0.4, -0.2) is 40.8 Å². The van der Waals surface area contributed by atoms with Crippen LogP contribution in [0.5, 0.6) is 0 Å². The van der Waals surface area contributed by atoms with Crippen molar-refractivity contribution in [1.29, 1.82) is 0 Å². The lowest BCUT2D eigenvalue weighted by molar-refractivity contribution is 0.101. The first-order valence-corrected chi connectivity index (χ1v) is 8.89. The van der Waals surface area contributed by atoms with Crippen molar-refractivity contribution in [3.05, 3.63) is 59.1 Å². The molecule has 1 amide bonds. The van der Waals surface area contributed by atoms with Gasteiger partial charge in [-0.05, 0) is 37.1 Å². The third-order valence-electron chi connectivity index (χ3n) is 3.97. The van der Waals surface area contributed by atoms with E-state index in [0.717, 1.165) is 22.5 Å². The molecule has 0 saturated carbocycles. The van der Waals surface area contributed by atoms with Crippen molar-refractivity contribution in [2.75, 3.05) is 5.32 Å². The summed E-state index contributed by atoms with van der Waals surface area (Å²) < 4.78 is 1.27. The molecule has 0 atom stereocenters. The van der Waals surface area contributed by atoms with E-state index < -0.39 is 5.91 Å². The maximum Gasteiger partial charge on any atom is 0.277 e. The highest BCUT2D eigenvalue weighted by atomic mass is 32.1. The Labute approximate surface area is 158 Å². The van der Waals surface area contributed by atoms with Crippen LogP contribution in [0.2, 0.25) is 0 Å². The number of aromatic nitrogens is 7. The second-order valence-electron chi connectivity index (χ2n) is 5.67. The quantitative estimate of drug-likeness (QED) is 0.580. The summed E-state index contributed by atoms with van der Waals surface area (Å²) in [5.41, 5.74) is 3.93. The maximum atomic E-state index is 12.6. The van der Waals surface area contributed by atoms with Gasteiger partial charge in [0, 0.05) is 24.0 Å². The predicted octanol–water partition coefficient (Wildman–Crippen LogP) is 2.44. The highest BCUT2D eigenvalue weighted by molar-refractivity contribution is 7.14. The van der Waals surface area contributed by atoms with E-state index in [4.69, 9.17) is 0 Å². The van der Waals surface area contributed by atoms with Crippen LogP contribution >= 0.6 is 11.3 Å². The third-order valence-corrected chi connectivity index (χ3v) is 4.72. The number of nitrogens with zero attached hydrogens (tertiary/aromatic N) is 7. The number of pyridine rings is 1. The average Bonchev–Trinajstić information content (AvgIpc) is 3.34. The summed E-state index contributed by atoms with van der Waals surface area (Å²) in [6, 6.07) is 3.63. The number of nitrogens with one attached hydrogen (secondary N) is 1. The van der Waals surface area contributed by atoms with Crippen LogP contribution in [0.25, 0.3) is 17.3 Å². The van der Waals surface area contributed by atoms with Gasteiger partial charge in [0.1, 0.15) is 5.69 Å². The molecule has 0 aliphatic rings. The molecular weight excluding hydrogens is 364 g/mol. The molecule has 0 unspecified atom stereocenters. The number of rotatable bonds is 4. The monoisotopic (exact) mass is 378 g/mol. The molecule has 4 heterocycles. The summed E-state index contributed by atoms with van der Waals surface area (Å²) in [6.45, 7) is 4.02. The smallest absolute Gasteiger partial charge is 0.277 e. The molecule has 0 aliphatic carbocycles. The van der Waals surface area contributed by atoms with E-state index in [1.54, 1.807) is 24.7 Å². The second-order valence-corrected chi connectivity index (χ2v) is 6.53. The van der Waals surface area contributed by atoms with E-state index in [9.17, 15) is 4.79 Å². The van der Waals surface area contributed by atoms with Gasteiger partial charge in [-0.15, -0.1) is 16.4 Å². The van der Waals surface area contributed by atoms with Crippen molar-refractivity contribution in [1.82, 2.24) is 34.9 Å². The van der Waals surface area contributed by atoms with Crippen molar-refractivity contribution >= 4 is 22.4 Å². The number of hydrogen-bond acceptors (Lipinski definition) is 8. The lowest BCUT2D eigenvalue weighted by Crippen LogP contribution is -2.18. The van der Waals surface area contributed by atoms with Crippen molar-refractivity contribution in [3.63, 3.8) is 0 Å². The van der Waals surface area contributed by atoms with Crippen LogP contribution in [0.3, 0.4) is 0 Å². The van der Waals surface area contributed by atoms with Gasteiger partial charge >= 0.3 is 0 Å². The fraction of sp³-hybridized carbons (Fsp3) is 0.118. The first kappa shape index (κ1) is 16.9. The summed E-state index contributed by atoms with van der Waals surface area (Å²) >= 11 is 1.32. The number of anilines is 1.